The van der Waals surface area contributed by atoms with Crippen LogP contribution in [0.2, 0.25) is 5.02 Å². The molecule has 0 saturated carbocycles. The Labute approximate surface area is 205 Å². The molecular weight excluding hydrogens is 446 g/mol. The molecule has 1 amide bonds. The van der Waals surface area contributed by atoms with Crippen LogP contribution in [0.15, 0.2) is 60.7 Å². The van der Waals surface area contributed by atoms with Gasteiger partial charge in [-0.15, -0.1) is 0 Å². The molecule has 0 unspecified atom stereocenters. The zero-order chi connectivity index (χ0) is 24.1. The van der Waals surface area contributed by atoms with Gasteiger partial charge in [-0.1, -0.05) is 41.4 Å². The fourth-order valence-electron chi connectivity index (χ4n) is 4.11. The van der Waals surface area contributed by atoms with Gasteiger partial charge in [0.1, 0.15) is 11.6 Å². The van der Waals surface area contributed by atoms with Gasteiger partial charge >= 0.3 is 0 Å². The van der Waals surface area contributed by atoms with E-state index in [1.165, 1.54) is 0 Å². The molecule has 0 aliphatic rings. The van der Waals surface area contributed by atoms with Crippen molar-refractivity contribution in [2.24, 2.45) is 0 Å². The summed E-state index contributed by atoms with van der Waals surface area (Å²) in [5.41, 5.74) is 5.79. The number of fused-ring (bicyclic) bond motifs is 1. The van der Waals surface area contributed by atoms with E-state index in [4.69, 9.17) is 21.3 Å². The molecule has 4 aromatic rings. The van der Waals surface area contributed by atoms with Crippen molar-refractivity contribution in [2.45, 2.75) is 46.7 Å². The van der Waals surface area contributed by atoms with Crippen LogP contribution in [0.4, 0.5) is 0 Å². The van der Waals surface area contributed by atoms with Crippen LogP contribution in [0.25, 0.3) is 11.0 Å². The van der Waals surface area contributed by atoms with Crippen molar-refractivity contribution in [2.75, 3.05) is 6.61 Å². The molecule has 176 valence electrons. The van der Waals surface area contributed by atoms with Crippen LogP contribution in [0, 0.1) is 20.8 Å². The number of nitrogens with one attached hydrogen (secondary N) is 1. The minimum Gasteiger partial charge on any atom is -0.494 e. The predicted octanol–water partition coefficient (Wildman–Crippen LogP) is 6.40. The first-order valence-electron chi connectivity index (χ1n) is 11.6. The van der Waals surface area contributed by atoms with E-state index < -0.39 is 0 Å². The summed E-state index contributed by atoms with van der Waals surface area (Å²) in [5.74, 6) is 1.61. The molecule has 1 aromatic heterocycles. The van der Waals surface area contributed by atoms with E-state index >= 15 is 0 Å². The third-order valence-electron chi connectivity index (χ3n) is 5.88. The van der Waals surface area contributed by atoms with E-state index in [-0.39, 0.29) is 5.91 Å². The van der Waals surface area contributed by atoms with E-state index in [0.29, 0.717) is 18.7 Å². The first kappa shape index (κ1) is 23.8. The minimum atomic E-state index is -0.0933. The Hall–Kier alpha value is -3.31. The number of nitrogens with zero attached hydrogens (tertiary/aromatic N) is 2. The van der Waals surface area contributed by atoms with Crippen molar-refractivity contribution in [1.82, 2.24) is 14.9 Å². The van der Waals surface area contributed by atoms with E-state index in [0.717, 1.165) is 63.7 Å². The fourth-order valence-corrected chi connectivity index (χ4v) is 4.22. The molecule has 4 rings (SSSR count). The van der Waals surface area contributed by atoms with Crippen LogP contribution in [0.5, 0.6) is 5.75 Å². The summed E-state index contributed by atoms with van der Waals surface area (Å²) < 4.78 is 8.15. The number of ether oxygens (including phenoxy) is 1. The molecule has 0 aliphatic heterocycles. The maximum Gasteiger partial charge on any atom is 0.251 e. The van der Waals surface area contributed by atoms with Crippen LogP contribution < -0.4 is 10.1 Å². The second-order valence-electron chi connectivity index (χ2n) is 8.65. The summed E-state index contributed by atoms with van der Waals surface area (Å²) in [5, 5.41) is 3.82. The average molecular weight is 476 g/mol. The van der Waals surface area contributed by atoms with Crippen molar-refractivity contribution in [1.29, 1.82) is 0 Å². The zero-order valence-electron chi connectivity index (χ0n) is 19.9. The second kappa shape index (κ2) is 10.7. The number of carbonyl (C=O) groups is 1. The lowest BCUT2D eigenvalue weighted by atomic mass is 10.1. The van der Waals surface area contributed by atoms with E-state index in [9.17, 15) is 4.79 Å². The monoisotopic (exact) mass is 475 g/mol. The number of unbranched alkanes of at least 4 members (excludes halogenated alkanes) is 1. The summed E-state index contributed by atoms with van der Waals surface area (Å²) in [6, 6.07) is 19.6. The fraction of sp³-hybridized carbons (Fsp3) is 0.286. The molecule has 0 atom stereocenters. The molecule has 34 heavy (non-hydrogen) atoms. The molecule has 5 nitrogen and oxygen atoms in total. The SMILES string of the molecule is Cc1cccc(C(=O)NCc2nc3ccccc3n2CCCCOc2cc(C)c(Cl)c(C)c2)c1. The normalized spacial score (nSPS) is 11.1. The Balaban J connectivity index is 1.38. The van der Waals surface area contributed by atoms with Crippen LogP contribution in [0.3, 0.4) is 0 Å². The van der Waals surface area contributed by atoms with Gasteiger partial charge in [-0.2, -0.15) is 0 Å². The lowest BCUT2D eigenvalue weighted by molar-refractivity contribution is 0.0949. The minimum absolute atomic E-state index is 0.0933. The summed E-state index contributed by atoms with van der Waals surface area (Å²) in [7, 11) is 0. The van der Waals surface area contributed by atoms with Gasteiger partial charge in [-0.05, 0) is 81.1 Å². The largest absolute Gasteiger partial charge is 0.494 e. The Morgan fingerprint density at radius 3 is 2.53 bits per heavy atom. The third-order valence-corrected chi connectivity index (χ3v) is 6.47. The first-order chi connectivity index (χ1) is 16.4. The van der Waals surface area contributed by atoms with Crippen LogP contribution >= 0.6 is 11.6 Å². The Morgan fingerprint density at radius 2 is 1.76 bits per heavy atom. The second-order valence-corrected chi connectivity index (χ2v) is 9.03. The van der Waals surface area contributed by atoms with Crippen molar-refractivity contribution >= 4 is 28.5 Å². The van der Waals surface area contributed by atoms with E-state index in [2.05, 4.69) is 16.0 Å². The molecule has 3 aromatic carbocycles. The molecule has 1 N–H and O–H groups in total. The Morgan fingerprint density at radius 1 is 1.00 bits per heavy atom. The van der Waals surface area contributed by atoms with Gasteiger partial charge in [0.25, 0.3) is 5.91 Å². The van der Waals surface area contributed by atoms with Crippen molar-refractivity contribution in [3.8, 4) is 5.75 Å². The standard InChI is InChI=1S/C28H30ClN3O2/c1-19-9-8-10-22(15-19)28(33)30-18-26-31-24-11-4-5-12-25(24)32(26)13-6-7-14-34-23-16-20(2)27(29)21(3)17-23/h4-5,8-12,15-17H,6-7,13-14,18H2,1-3H3,(H,30,33). The summed E-state index contributed by atoms with van der Waals surface area (Å²) in [6.07, 6.45) is 1.84. The number of aryl methyl sites for hydroxylation is 4. The topological polar surface area (TPSA) is 56.2 Å². The molecular formula is C28H30ClN3O2. The van der Waals surface area contributed by atoms with Crippen LogP contribution in [0.1, 0.15) is 45.7 Å². The molecule has 1 heterocycles. The van der Waals surface area contributed by atoms with Gasteiger partial charge in [-0.25, -0.2) is 4.98 Å². The number of amides is 1. The smallest absolute Gasteiger partial charge is 0.251 e. The van der Waals surface area contributed by atoms with E-state index in [1.807, 2.05) is 75.4 Å². The third kappa shape index (κ3) is 5.60. The lowest BCUT2D eigenvalue weighted by Gasteiger charge is -2.12. The number of hydrogen-bond donors (Lipinski definition) is 1. The highest BCUT2D eigenvalue weighted by molar-refractivity contribution is 6.32. The highest BCUT2D eigenvalue weighted by Gasteiger charge is 2.12. The number of carbonyl (C=O) groups excluding carboxylic acids is 1. The van der Waals surface area contributed by atoms with Crippen molar-refractivity contribution in [3.63, 3.8) is 0 Å². The number of halogens is 1. The molecule has 0 spiro atoms. The number of benzene rings is 3. The molecule has 6 heteroatoms. The average Bonchev–Trinajstić information content (AvgIpc) is 3.18. The molecule has 0 fully saturated rings. The number of imidazole rings is 1. The van der Waals surface area contributed by atoms with Gasteiger partial charge in [0.2, 0.25) is 0 Å². The quantitative estimate of drug-likeness (QED) is 0.285. The predicted molar refractivity (Wildman–Crippen MR) is 138 cm³/mol. The van der Waals surface area contributed by atoms with Gasteiger partial charge in [0.05, 0.1) is 24.2 Å². The van der Waals surface area contributed by atoms with Crippen molar-refractivity contribution < 1.29 is 9.53 Å². The van der Waals surface area contributed by atoms with Gasteiger partial charge in [0, 0.05) is 17.1 Å². The van der Waals surface area contributed by atoms with Crippen LogP contribution in [-0.4, -0.2) is 22.1 Å². The van der Waals surface area contributed by atoms with Gasteiger partial charge < -0.3 is 14.6 Å². The van der Waals surface area contributed by atoms with Crippen LogP contribution in [-0.2, 0) is 13.1 Å². The zero-order valence-corrected chi connectivity index (χ0v) is 20.7. The maximum atomic E-state index is 12.6. The Bertz CT molecular complexity index is 1290. The lowest BCUT2D eigenvalue weighted by Crippen LogP contribution is -2.25. The van der Waals surface area contributed by atoms with E-state index in [1.54, 1.807) is 0 Å². The maximum absolute atomic E-state index is 12.6. The Kier molecular flexibility index (Phi) is 7.53. The van der Waals surface area contributed by atoms with Gasteiger partial charge in [-0.3, -0.25) is 4.79 Å². The first-order valence-corrected chi connectivity index (χ1v) is 12.0. The summed E-state index contributed by atoms with van der Waals surface area (Å²) in [6.45, 7) is 7.78. The molecule has 0 radical (unpaired) electrons. The number of hydrogen-bond acceptors (Lipinski definition) is 3. The highest BCUT2D eigenvalue weighted by Crippen LogP contribution is 2.26. The highest BCUT2D eigenvalue weighted by atomic mass is 35.5. The van der Waals surface area contributed by atoms with Gasteiger partial charge in [0.15, 0.2) is 0 Å². The molecule has 0 saturated heterocycles. The summed E-state index contributed by atoms with van der Waals surface area (Å²) in [4.78, 5) is 17.4. The number of rotatable bonds is 9. The van der Waals surface area contributed by atoms with Crippen molar-refractivity contribution in [3.05, 3.63) is 93.8 Å². The summed E-state index contributed by atoms with van der Waals surface area (Å²) >= 11 is 6.25. The number of aromatic nitrogens is 2. The molecule has 0 bridgehead atoms. The molecule has 0 aliphatic carbocycles. The number of para-hydroxylation sites is 2.